The lowest BCUT2D eigenvalue weighted by Gasteiger charge is -1.94. The van der Waals surface area contributed by atoms with Gasteiger partial charge in [0.15, 0.2) is 0 Å². The number of hydrogen-bond donors (Lipinski definition) is 2. The van der Waals surface area contributed by atoms with Crippen LogP contribution < -0.4 is 5.73 Å². The second-order valence-electron chi connectivity index (χ2n) is 3.26. The molecule has 0 aromatic carbocycles. The van der Waals surface area contributed by atoms with Crippen molar-refractivity contribution in [1.82, 2.24) is 9.38 Å². The van der Waals surface area contributed by atoms with Crippen LogP contribution in [-0.2, 0) is 6.42 Å². The fourth-order valence-electron chi connectivity index (χ4n) is 1.44. The van der Waals surface area contributed by atoms with E-state index >= 15 is 0 Å². The van der Waals surface area contributed by atoms with Crippen molar-refractivity contribution in [2.75, 3.05) is 6.54 Å². The number of carboxylic acid groups (broad SMARTS) is 1. The summed E-state index contributed by atoms with van der Waals surface area (Å²) in [6.45, 7) is 0.537. The Morgan fingerprint density at radius 1 is 1.60 bits per heavy atom. The minimum atomic E-state index is -0.944. The van der Waals surface area contributed by atoms with Crippen LogP contribution in [0.3, 0.4) is 0 Å². The van der Waals surface area contributed by atoms with Gasteiger partial charge >= 0.3 is 5.97 Å². The van der Waals surface area contributed by atoms with E-state index in [1.54, 1.807) is 22.7 Å². The number of fused-ring (bicyclic) bond motifs is 1. The third kappa shape index (κ3) is 1.82. The molecule has 0 saturated heterocycles. The highest BCUT2D eigenvalue weighted by Gasteiger charge is 2.05. The highest BCUT2D eigenvalue weighted by atomic mass is 16.4. The monoisotopic (exact) mass is 205 g/mol. The van der Waals surface area contributed by atoms with Crippen LogP contribution in [0, 0.1) is 0 Å². The first-order chi connectivity index (χ1) is 7.20. The van der Waals surface area contributed by atoms with Gasteiger partial charge in [-0.3, -0.25) is 0 Å². The van der Waals surface area contributed by atoms with E-state index in [1.165, 1.54) is 0 Å². The second kappa shape index (κ2) is 3.70. The summed E-state index contributed by atoms with van der Waals surface area (Å²) >= 11 is 0. The van der Waals surface area contributed by atoms with Gasteiger partial charge in [-0.2, -0.15) is 0 Å². The molecule has 15 heavy (non-hydrogen) atoms. The molecule has 5 heteroatoms. The molecule has 0 atom stereocenters. The fourth-order valence-corrected chi connectivity index (χ4v) is 1.44. The zero-order valence-corrected chi connectivity index (χ0v) is 8.05. The van der Waals surface area contributed by atoms with Crippen molar-refractivity contribution in [2.45, 2.75) is 6.42 Å². The molecule has 2 heterocycles. The van der Waals surface area contributed by atoms with Gasteiger partial charge in [0.1, 0.15) is 5.65 Å². The second-order valence-corrected chi connectivity index (χ2v) is 3.26. The number of nitrogens with zero attached hydrogens (tertiary/aromatic N) is 2. The van der Waals surface area contributed by atoms with Gasteiger partial charge in [-0.1, -0.05) is 0 Å². The van der Waals surface area contributed by atoms with Gasteiger partial charge < -0.3 is 15.2 Å². The van der Waals surface area contributed by atoms with Crippen molar-refractivity contribution in [3.05, 3.63) is 35.8 Å². The Labute approximate surface area is 86.2 Å². The van der Waals surface area contributed by atoms with E-state index in [0.717, 1.165) is 5.69 Å². The van der Waals surface area contributed by atoms with E-state index < -0.39 is 5.97 Å². The van der Waals surface area contributed by atoms with Gasteiger partial charge in [-0.25, -0.2) is 9.78 Å². The number of carbonyl (C=O) groups is 1. The molecule has 5 nitrogen and oxygen atoms in total. The van der Waals surface area contributed by atoms with Crippen LogP contribution in [-0.4, -0.2) is 27.0 Å². The predicted molar refractivity (Wildman–Crippen MR) is 54.9 cm³/mol. The number of pyridine rings is 1. The summed E-state index contributed by atoms with van der Waals surface area (Å²) in [5.74, 6) is -0.944. The van der Waals surface area contributed by atoms with Crippen LogP contribution in [0.15, 0.2) is 24.5 Å². The summed E-state index contributed by atoms with van der Waals surface area (Å²) in [5, 5.41) is 8.80. The SMILES string of the molecule is NCCc1cn2ccc(C(=O)O)cc2n1. The largest absolute Gasteiger partial charge is 0.478 e. The Morgan fingerprint density at radius 3 is 3.07 bits per heavy atom. The number of aromatic carboxylic acids is 1. The molecule has 2 rings (SSSR count). The summed E-state index contributed by atoms with van der Waals surface area (Å²) in [4.78, 5) is 15.0. The highest BCUT2D eigenvalue weighted by molar-refractivity contribution is 5.88. The maximum absolute atomic E-state index is 10.7. The molecule has 0 unspecified atom stereocenters. The van der Waals surface area contributed by atoms with Gasteiger partial charge in [0.05, 0.1) is 11.3 Å². The lowest BCUT2D eigenvalue weighted by molar-refractivity contribution is 0.0697. The first-order valence-corrected chi connectivity index (χ1v) is 4.61. The molecular formula is C10H11N3O2. The fraction of sp³-hybridized carbons (Fsp3) is 0.200. The van der Waals surface area contributed by atoms with E-state index in [4.69, 9.17) is 10.8 Å². The molecule has 0 spiro atoms. The van der Waals surface area contributed by atoms with E-state index in [1.807, 2.05) is 6.20 Å². The molecule has 2 aromatic rings. The molecule has 0 fully saturated rings. The third-order valence-corrected chi connectivity index (χ3v) is 2.16. The van der Waals surface area contributed by atoms with Crippen LogP contribution in [0.4, 0.5) is 0 Å². The topological polar surface area (TPSA) is 80.6 Å². The van der Waals surface area contributed by atoms with E-state index in [2.05, 4.69) is 4.98 Å². The van der Waals surface area contributed by atoms with E-state index in [-0.39, 0.29) is 5.56 Å². The Kier molecular flexibility index (Phi) is 2.39. The van der Waals surface area contributed by atoms with Crippen molar-refractivity contribution >= 4 is 11.6 Å². The zero-order valence-electron chi connectivity index (χ0n) is 8.05. The summed E-state index contributed by atoms with van der Waals surface area (Å²) in [7, 11) is 0. The molecule has 0 radical (unpaired) electrons. The Bertz CT molecular complexity index is 504. The molecule has 0 aliphatic heterocycles. The number of imidazole rings is 1. The average Bonchev–Trinajstić information content (AvgIpc) is 2.59. The summed E-state index contributed by atoms with van der Waals surface area (Å²) in [5.41, 5.74) is 7.17. The molecule has 0 saturated carbocycles. The molecule has 0 amide bonds. The van der Waals surface area contributed by atoms with Gasteiger partial charge in [-0.15, -0.1) is 0 Å². The lowest BCUT2D eigenvalue weighted by atomic mass is 10.3. The van der Waals surface area contributed by atoms with Crippen molar-refractivity contribution in [1.29, 1.82) is 0 Å². The number of aromatic nitrogens is 2. The molecule has 0 aliphatic rings. The van der Waals surface area contributed by atoms with Crippen LogP contribution in [0.5, 0.6) is 0 Å². The predicted octanol–water partition coefficient (Wildman–Crippen LogP) is 0.534. The van der Waals surface area contributed by atoms with Crippen molar-refractivity contribution in [2.24, 2.45) is 5.73 Å². The van der Waals surface area contributed by atoms with Crippen LogP contribution in [0.1, 0.15) is 16.1 Å². The smallest absolute Gasteiger partial charge is 0.335 e. The standard InChI is InChI=1S/C10H11N3O2/c11-3-1-8-6-13-4-2-7(10(14)15)5-9(13)12-8/h2,4-6H,1,3,11H2,(H,14,15). The minimum Gasteiger partial charge on any atom is -0.478 e. The summed E-state index contributed by atoms with van der Waals surface area (Å²) in [6, 6.07) is 3.09. The summed E-state index contributed by atoms with van der Waals surface area (Å²) < 4.78 is 1.79. The maximum Gasteiger partial charge on any atom is 0.335 e. The quantitative estimate of drug-likeness (QED) is 0.766. The third-order valence-electron chi connectivity index (χ3n) is 2.16. The number of nitrogens with two attached hydrogens (primary N) is 1. The Morgan fingerprint density at radius 2 is 2.40 bits per heavy atom. The van der Waals surface area contributed by atoms with Crippen LogP contribution in [0.2, 0.25) is 0 Å². The number of rotatable bonds is 3. The van der Waals surface area contributed by atoms with Crippen LogP contribution in [0.25, 0.3) is 5.65 Å². The van der Waals surface area contributed by atoms with Crippen molar-refractivity contribution < 1.29 is 9.90 Å². The normalized spacial score (nSPS) is 10.7. The van der Waals surface area contributed by atoms with Gasteiger partial charge in [0, 0.05) is 18.8 Å². The molecule has 78 valence electrons. The number of carboxylic acids is 1. The number of hydrogen-bond acceptors (Lipinski definition) is 3. The highest BCUT2D eigenvalue weighted by Crippen LogP contribution is 2.08. The Balaban J connectivity index is 2.47. The zero-order chi connectivity index (χ0) is 10.8. The Hall–Kier alpha value is -1.88. The summed E-state index contributed by atoms with van der Waals surface area (Å²) in [6.07, 6.45) is 4.24. The molecule has 2 aromatic heterocycles. The first-order valence-electron chi connectivity index (χ1n) is 4.61. The molecule has 0 aliphatic carbocycles. The van der Waals surface area contributed by atoms with Gasteiger partial charge in [0.25, 0.3) is 0 Å². The van der Waals surface area contributed by atoms with E-state index in [0.29, 0.717) is 18.6 Å². The lowest BCUT2D eigenvalue weighted by Crippen LogP contribution is -2.02. The molecule has 3 N–H and O–H groups in total. The average molecular weight is 205 g/mol. The van der Waals surface area contributed by atoms with Gasteiger partial charge in [0.2, 0.25) is 0 Å². The van der Waals surface area contributed by atoms with E-state index in [9.17, 15) is 4.79 Å². The van der Waals surface area contributed by atoms with Crippen LogP contribution >= 0.6 is 0 Å². The molecular weight excluding hydrogens is 194 g/mol. The van der Waals surface area contributed by atoms with Crippen molar-refractivity contribution in [3.63, 3.8) is 0 Å². The van der Waals surface area contributed by atoms with Crippen molar-refractivity contribution in [3.8, 4) is 0 Å². The minimum absolute atomic E-state index is 0.243. The first kappa shape index (κ1) is 9.67. The maximum atomic E-state index is 10.7. The van der Waals surface area contributed by atoms with Gasteiger partial charge in [-0.05, 0) is 18.7 Å². The molecule has 0 bridgehead atoms.